The van der Waals surface area contributed by atoms with Crippen molar-refractivity contribution in [2.75, 3.05) is 0 Å². The Morgan fingerprint density at radius 1 is 0.731 bits per heavy atom. The van der Waals surface area contributed by atoms with E-state index in [0.717, 1.165) is 6.42 Å². The van der Waals surface area contributed by atoms with Gasteiger partial charge in [-0.15, -0.1) is 11.3 Å². The molecular formula is C25H20S. The van der Waals surface area contributed by atoms with E-state index in [2.05, 4.69) is 86.6 Å². The number of fused-ring (bicyclic) bond motifs is 5. The first kappa shape index (κ1) is 15.6. The number of hydrogen-bond donors (Lipinski definition) is 0. The fourth-order valence-electron chi connectivity index (χ4n) is 4.22. The highest BCUT2D eigenvalue weighted by Gasteiger charge is 2.18. The summed E-state index contributed by atoms with van der Waals surface area (Å²) < 4.78 is 2.79. The third-order valence-corrected chi connectivity index (χ3v) is 6.65. The van der Waals surface area contributed by atoms with Crippen molar-refractivity contribution in [3.05, 3.63) is 83.9 Å². The molecule has 0 unspecified atom stereocenters. The fourth-order valence-corrected chi connectivity index (χ4v) is 5.55. The molecule has 0 fully saturated rings. The SMILES string of the molecule is CCc1ccccc1-c1c(C)c2ccccc2c2c1sc1ccccc12. The first-order valence-electron chi connectivity index (χ1n) is 9.20. The van der Waals surface area contributed by atoms with E-state index in [0.29, 0.717) is 0 Å². The molecule has 0 atom stereocenters. The maximum absolute atomic E-state index is 2.29. The average molecular weight is 353 g/mol. The van der Waals surface area contributed by atoms with Gasteiger partial charge in [0.05, 0.1) is 0 Å². The minimum atomic E-state index is 1.05. The third-order valence-electron chi connectivity index (χ3n) is 5.47. The van der Waals surface area contributed by atoms with Crippen molar-refractivity contribution in [3.8, 4) is 11.1 Å². The van der Waals surface area contributed by atoms with Crippen LogP contribution in [0.3, 0.4) is 0 Å². The van der Waals surface area contributed by atoms with Crippen LogP contribution in [0.4, 0.5) is 0 Å². The van der Waals surface area contributed by atoms with Gasteiger partial charge in [-0.1, -0.05) is 73.7 Å². The van der Waals surface area contributed by atoms with E-state index in [1.807, 2.05) is 11.3 Å². The molecule has 0 bridgehead atoms. The lowest BCUT2D eigenvalue weighted by Gasteiger charge is -2.15. The summed E-state index contributed by atoms with van der Waals surface area (Å²) in [5, 5.41) is 5.52. The van der Waals surface area contributed by atoms with Crippen molar-refractivity contribution in [1.29, 1.82) is 0 Å². The predicted octanol–water partition coefficient (Wildman–Crippen LogP) is 7.75. The van der Waals surface area contributed by atoms with E-state index in [4.69, 9.17) is 0 Å². The molecule has 5 aromatic rings. The number of rotatable bonds is 2. The van der Waals surface area contributed by atoms with E-state index in [9.17, 15) is 0 Å². The standard InChI is InChI=1S/C25H20S/c1-3-17-10-4-5-12-19(17)23-16(2)18-11-6-7-13-20(18)24-21-14-8-9-15-22(21)26-25(23)24/h4-15H,3H2,1-2H3. The van der Waals surface area contributed by atoms with Gasteiger partial charge in [-0.05, 0) is 46.9 Å². The van der Waals surface area contributed by atoms with Crippen LogP contribution in [0.25, 0.3) is 42.1 Å². The van der Waals surface area contributed by atoms with Gasteiger partial charge in [-0.25, -0.2) is 0 Å². The fraction of sp³-hybridized carbons (Fsp3) is 0.120. The summed E-state index contributed by atoms with van der Waals surface area (Å²) in [6, 6.07) is 26.6. The normalized spacial score (nSPS) is 11.6. The molecule has 0 N–H and O–H groups in total. The van der Waals surface area contributed by atoms with E-state index in [-0.39, 0.29) is 0 Å². The molecule has 0 aliphatic rings. The van der Waals surface area contributed by atoms with Crippen LogP contribution >= 0.6 is 11.3 Å². The highest BCUT2D eigenvalue weighted by Crippen LogP contribution is 2.46. The van der Waals surface area contributed by atoms with Crippen LogP contribution in [-0.2, 0) is 6.42 Å². The monoisotopic (exact) mass is 352 g/mol. The molecule has 1 aromatic heterocycles. The quantitative estimate of drug-likeness (QED) is 0.305. The molecule has 4 aromatic carbocycles. The number of hydrogen-bond acceptors (Lipinski definition) is 1. The van der Waals surface area contributed by atoms with E-state index in [1.54, 1.807) is 0 Å². The Hall–Kier alpha value is -2.64. The highest BCUT2D eigenvalue weighted by atomic mass is 32.1. The topological polar surface area (TPSA) is 0 Å². The molecule has 0 aliphatic heterocycles. The van der Waals surface area contributed by atoms with E-state index >= 15 is 0 Å². The van der Waals surface area contributed by atoms with Crippen molar-refractivity contribution < 1.29 is 0 Å². The van der Waals surface area contributed by atoms with Gasteiger partial charge in [-0.2, -0.15) is 0 Å². The zero-order valence-corrected chi connectivity index (χ0v) is 15.9. The molecule has 0 aliphatic carbocycles. The van der Waals surface area contributed by atoms with Crippen LogP contribution in [0.2, 0.25) is 0 Å². The van der Waals surface area contributed by atoms with Gasteiger partial charge in [0.2, 0.25) is 0 Å². The molecule has 0 spiro atoms. The predicted molar refractivity (Wildman–Crippen MR) is 116 cm³/mol. The summed E-state index contributed by atoms with van der Waals surface area (Å²) >= 11 is 1.93. The van der Waals surface area contributed by atoms with Crippen LogP contribution in [-0.4, -0.2) is 0 Å². The van der Waals surface area contributed by atoms with Gasteiger partial charge in [0, 0.05) is 25.7 Å². The van der Waals surface area contributed by atoms with Gasteiger partial charge in [-0.3, -0.25) is 0 Å². The van der Waals surface area contributed by atoms with Crippen molar-refractivity contribution in [2.24, 2.45) is 0 Å². The molecule has 0 saturated heterocycles. The maximum atomic E-state index is 2.29. The maximum Gasteiger partial charge on any atom is 0.0443 e. The summed E-state index contributed by atoms with van der Waals surface area (Å²) in [7, 11) is 0. The molecule has 0 saturated carbocycles. The van der Waals surface area contributed by atoms with Crippen molar-refractivity contribution in [2.45, 2.75) is 20.3 Å². The van der Waals surface area contributed by atoms with Gasteiger partial charge in [0.15, 0.2) is 0 Å². The minimum Gasteiger partial charge on any atom is -0.134 e. The third kappa shape index (κ3) is 2.14. The summed E-state index contributed by atoms with van der Waals surface area (Å²) in [6.45, 7) is 4.53. The molecule has 0 amide bonds. The smallest absolute Gasteiger partial charge is 0.0443 e. The van der Waals surface area contributed by atoms with Gasteiger partial charge in [0.25, 0.3) is 0 Å². The Balaban J connectivity index is 2.07. The largest absolute Gasteiger partial charge is 0.134 e. The zero-order valence-electron chi connectivity index (χ0n) is 15.0. The summed E-state index contributed by atoms with van der Waals surface area (Å²) in [4.78, 5) is 0. The van der Waals surface area contributed by atoms with Crippen molar-refractivity contribution >= 4 is 42.3 Å². The number of thiophene rings is 1. The number of benzene rings is 4. The molecule has 1 heteroatoms. The Morgan fingerprint density at radius 3 is 2.19 bits per heavy atom. The molecule has 126 valence electrons. The second-order valence-corrected chi connectivity index (χ2v) is 7.91. The number of aryl methyl sites for hydroxylation is 2. The summed E-state index contributed by atoms with van der Waals surface area (Å²) in [5.41, 5.74) is 5.61. The lowest BCUT2D eigenvalue weighted by Crippen LogP contribution is -1.92. The van der Waals surface area contributed by atoms with Crippen LogP contribution in [0.5, 0.6) is 0 Å². The average Bonchev–Trinajstić information content (AvgIpc) is 3.08. The summed E-state index contributed by atoms with van der Waals surface area (Å²) in [5.74, 6) is 0. The van der Waals surface area contributed by atoms with Gasteiger partial charge >= 0.3 is 0 Å². The molecule has 1 heterocycles. The lowest BCUT2D eigenvalue weighted by molar-refractivity contribution is 1.14. The minimum absolute atomic E-state index is 1.05. The van der Waals surface area contributed by atoms with Crippen LogP contribution in [0, 0.1) is 6.92 Å². The Kier molecular flexibility index (Phi) is 3.58. The Morgan fingerprint density at radius 2 is 1.38 bits per heavy atom. The zero-order chi connectivity index (χ0) is 17.7. The first-order valence-corrected chi connectivity index (χ1v) is 10.0. The van der Waals surface area contributed by atoms with Gasteiger partial charge in [0.1, 0.15) is 0 Å². The molecule has 26 heavy (non-hydrogen) atoms. The lowest BCUT2D eigenvalue weighted by atomic mass is 9.89. The van der Waals surface area contributed by atoms with Crippen LogP contribution in [0.15, 0.2) is 72.8 Å². The Bertz CT molecular complexity index is 1270. The van der Waals surface area contributed by atoms with Crippen LogP contribution in [0.1, 0.15) is 18.1 Å². The van der Waals surface area contributed by atoms with Crippen LogP contribution < -0.4 is 0 Å². The molecule has 0 nitrogen and oxygen atoms in total. The highest BCUT2D eigenvalue weighted by molar-refractivity contribution is 7.26. The molecule has 5 rings (SSSR count). The van der Waals surface area contributed by atoms with E-state index in [1.165, 1.54) is 53.2 Å². The second-order valence-electron chi connectivity index (χ2n) is 6.86. The van der Waals surface area contributed by atoms with E-state index < -0.39 is 0 Å². The van der Waals surface area contributed by atoms with Crippen molar-refractivity contribution in [1.82, 2.24) is 0 Å². The molecular weight excluding hydrogens is 332 g/mol. The van der Waals surface area contributed by atoms with Gasteiger partial charge < -0.3 is 0 Å². The summed E-state index contributed by atoms with van der Waals surface area (Å²) in [6.07, 6.45) is 1.05. The Labute approximate surface area is 157 Å². The second kappa shape index (κ2) is 5.96. The van der Waals surface area contributed by atoms with Crippen molar-refractivity contribution in [3.63, 3.8) is 0 Å². The first-order chi connectivity index (χ1) is 12.8. The molecule has 0 radical (unpaired) electrons.